The highest BCUT2D eigenvalue weighted by Crippen LogP contribution is 2.12. The second kappa shape index (κ2) is 12.5. The lowest BCUT2D eigenvalue weighted by molar-refractivity contribution is -0.144. The molecule has 6 N–H and O–H groups in total. The van der Waals surface area contributed by atoms with Crippen molar-refractivity contribution in [3.63, 3.8) is 0 Å². The van der Waals surface area contributed by atoms with Gasteiger partial charge in [0.15, 0.2) is 0 Å². The predicted octanol–water partition coefficient (Wildman–Crippen LogP) is -0.638. The van der Waals surface area contributed by atoms with Crippen molar-refractivity contribution in [2.24, 2.45) is 11.8 Å². The molecule has 10 heteroatoms. The van der Waals surface area contributed by atoms with Crippen molar-refractivity contribution >= 4 is 23.7 Å². The summed E-state index contributed by atoms with van der Waals surface area (Å²) < 4.78 is 0. The van der Waals surface area contributed by atoms with Crippen LogP contribution in [0.15, 0.2) is 0 Å². The van der Waals surface area contributed by atoms with E-state index in [1.807, 2.05) is 13.8 Å². The van der Waals surface area contributed by atoms with Crippen molar-refractivity contribution in [2.75, 3.05) is 13.2 Å². The van der Waals surface area contributed by atoms with Crippen molar-refractivity contribution < 1.29 is 29.4 Å². The first-order chi connectivity index (χ1) is 14.2. The zero-order valence-electron chi connectivity index (χ0n) is 18.2. The van der Waals surface area contributed by atoms with Crippen LogP contribution in [0.3, 0.4) is 0 Å². The molecule has 1 saturated heterocycles. The number of hydrogen-bond donors (Lipinski definition) is 6. The van der Waals surface area contributed by atoms with Crippen molar-refractivity contribution in [1.29, 1.82) is 0 Å². The first-order valence-corrected chi connectivity index (χ1v) is 10.6. The number of aliphatic hydroxyl groups excluding tert-OH is 1. The largest absolute Gasteiger partial charge is 0.480 e. The summed E-state index contributed by atoms with van der Waals surface area (Å²) in [6.07, 6.45) is 2.72. The first kappa shape index (κ1) is 25.8. The Morgan fingerprint density at radius 2 is 1.57 bits per heavy atom. The summed E-state index contributed by atoms with van der Waals surface area (Å²) in [6, 6.07) is -3.69. The molecule has 6 unspecified atom stereocenters. The lowest BCUT2D eigenvalue weighted by atomic mass is 9.97. The van der Waals surface area contributed by atoms with Crippen LogP contribution < -0.4 is 21.3 Å². The molecule has 6 atom stereocenters. The Labute approximate surface area is 177 Å². The Morgan fingerprint density at radius 3 is 2.03 bits per heavy atom. The molecule has 10 nitrogen and oxygen atoms in total. The highest BCUT2D eigenvalue weighted by molar-refractivity contribution is 5.94. The van der Waals surface area contributed by atoms with E-state index in [4.69, 9.17) is 0 Å². The van der Waals surface area contributed by atoms with Gasteiger partial charge in [-0.15, -0.1) is 0 Å². The van der Waals surface area contributed by atoms with E-state index in [2.05, 4.69) is 21.3 Å². The van der Waals surface area contributed by atoms with Crippen LogP contribution >= 0.6 is 0 Å². The topological polar surface area (TPSA) is 157 Å². The molecule has 0 aromatic heterocycles. The van der Waals surface area contributed by atoms with E-state index < -0.39 is 42.5 Å². The Hall–Kier alpha value is -2.20. The number of aliphatic carboxylic acids is 1. The monoisotopic (exact) mass is 428 g/mol. The second-order valence-corrected chi connectivity index (χ2v) is 7.97. The van der Waals surface area contributed by atoms with Crippen LogP contribution in [0.25, 0.3) is 0 Å². The van der Waals surface area contributed by atoms with E-state index in [0.29, 0.717) is 19.3 Å². The Morgan fingerprint density at radius 1 is 0.967 bits per heavy atom. The average Bonchev–Trinajstić information content (AvgIpc) is 3.27. The molecule has 1 aliphatic rings. The number of carbonyl (C=O) groups is 4. The molecule has 0 spiro atoms. The molecule has 1 rings (SSSR count). The second-order valence-electron chi connectivity index (χ2n) is 7.97. The van der Waals surface area contributed by atoms with E-state index in [-0.39, 0.29) is 23.8 Å². The minimum atomic E-state index is -1.32. The maximum absolute atomic E-state index is 12.8. The number of carbonyl (C=O) groups excluding carboxylic acids is 3. The number of amides is 3. The number of nitrogens with one attached hydrogen (secondary N) is 4. The van der Waals surface area contributed by atoms with Crippen LogP contribution in [0.1, 0.15) is 53.4 Å². The number of hydrogen-bond acceptors (Lipinski definition) is 6. The summed E-state index contributed by atoms with van der Waals surface area (Å²) in [5, 5.41) is 29.6. The number of aliphatic hydroxyl groups is 1. The van der Waals surface area contributed by atoms with E-state index >= 15 is 0 Å². The third kappa shape index (κ3) is 7.24. The van der Waals surface area contributed by atoms with Crippen LogP contribution in [0.5, 0.6) is 0 Å². The Kier molecular flexibility index (Phi) is 10.8. The predicted molar refractivity (Wildman–Crippen MR) is 110 cm³/mol. The van der Waals surface area contributed by atoms with Gasteiger partial charge < -0.3 is 31.5 Å². The molecule has 30 heavy (non-hydrogen) atoms. The minimum Gasteiger partial charge on any atom is -0.480 e. The summed E-state index contributed by atoms with van der Waals surface area (Å²) in [6.45, 7) is 7.23. The van der Waals surface area contributed by atoms with Gasteiger partial charge in [0.1, 0.15) is 18.1 Å². The van der Waals surface area contributed by atoms with Crippen molar-refractivity contribution in [1.82, 2.24) is 21.3 Å². The van der Waals surface area contributed by atoms with Crippen LogP contribution in [-0.4, -0.2) is 71.2 Å². The number of rotatable bonds is 12. The minimum absolute atomic E-state index is 0.204. The smallest absolute Gasteiger partial charge is 0.326 e. The average molecular weight is 429 g/mol. The van der Waals surface area contributed by atoms with E-state index in [1.165, 1.54) is 0 Å². The third-order valence-corrected chi connectivity index (χ3v) is 5.76. The molecule has 0 aromatic carbocycles. The molecule has 0 aliphatic carbocycles. The van der Waals surface area contributed by atoms with Crippen LogP contribution in [0, 0.1) is 11.8 Å². The van der Waals surface area contributed by atoms with Crippen molar-refractivity contribution in [2.45, 2.75) is 77.5 Å². The summed E-state index contributed by atoms with van der Waals surface area (Å²) >= 11 is 0. The fourth-order valence-corrected chi connectivity index (χ4v) is 3.26. The molecule has 3 amide bonds. The molecule has 0 bridgehead atoms. The molecular weight excluding hydrogens is 392 g/mol. The van der Waals surface area contributed by atoms with Gasteiger partial charge in [0, 0.05) is 0 Å². The van der Waals surface area contributed by atoms with Gasteiger partial charge in [-0.2, -0.15) is 0 Å². The quantitative estimate of drug-likeness (QED) is 0.241. The summed E-state index contributed by atoms with van der Waals surface area (Å²) in [7, 11) is 0. The first-order valence-electron chi connectivity index (χ1n) is 10.6. The van der Waals surface area contributed by atoms with Crippen molar-refractivity contribution in [3.05, 3.63) is 0 Å². The molecule has 0 aromatic rings. The maximum Gasteiger partial charge on any atom is 0.326 e. The molecule has 172 valence electrons. The number of carboxylic acids is 1. The van der Waals surface area contributed by atoms with Gasteiger partial charge in [-0.25, -0.2) is 4.79 Å². The van der Waals surface area contributed by atoms with Gasteiger partial charge in [-0.05, 0) is 31.2 Å². The van der Waals surface area contributed by atoms with E-state index in [1.54, 1.807) is 13.8 Å². The van der Waals surface area contributed by atoms with Crippen LogP contribution in [-0.2, 0) is 19.2 Å². The van der Waals surface area contributed by atoms with Gasteiger partial charge in [0.05, 0.1) is 12.6 Å². The fraction of sp³-hybridized carbons (Fsp3) is 0.800. The molecule has 1 heterocycles. The van der Waals surface area contributed by atoms with Crippen LogP contribution in [0.2, 0.25) is 0 Å². The van der Waals surface area contributed by atoms with Crippen LogP contribution in [0.4, 0.5) is 0 Å². The summed E-state index contributed by atoms with van der Waals surface area (Å²) in [4.78, 5) is 49.2. The number of carboxylic acid groups (broad SMARTS) is 1. The molecular formula is C20H36N4O6. The van der Waals surface area contributed by atoms with Gasteiger partial charge in [-0.3, -0.25) is 14.4 Å². The summed E-state index contributed by atoms with van der Waals surface area (Å²) in [5.74, 6) is -3.38. The lowest BCUT2D eigenvalue weighted by Gasteiger charge is -2.28. The van der Waals surface area contributed by atoms with Gasteiger partial charge >= 0.3 is 5.97 Å². The summed E-state index contributed by atoms with van der Waals surface area (Å²) in [5.41, 5.74) is 0. The SMILES string of the molecule is CCC(C)C(NC(=O)C(CO)NC(=O)C(NC(=O)C1CCCN1)C(C)CC)C(=O)O. The van der Waals surface area contributed by atoms with Gasteiger partial charge in [0.25, 0.3) is 0 Å². The third-order valence-electron chi connectivity index (χ3n) is 5.76. The highest BCUT2D eigenvalue weighted by Gasteiger charge is 2.34. The molecule has 0 radical (unpaired) electrons. The lowest BCUT2D eigenvalue weighted by Crippen LogP contribution is -2.59. The zero-order chi connectivity index (χ0) is 22.8. The molecule has 0 saturated carbocycles. The fourth-order valence-electron chi connectivity index (χ4n) is 3.26. The molecule has 1 aliphatic heterocycles. The van der Waals surface area contributed by atoms with Gasteiger partial charge in [0.2, 0.25) is 17.7 Å². The standard InChI is InChI=1S/C20H36N4O6/c1-5-11(3)15(23-17(26)13-8-7-9-21-13)19(28)22-14(10-25)18(27)24-16(20(29)30)12(4)6-2/h11-16,21,25H,5-10H2,1-4H3,(H,22,28)(H,23,26)(H,24,27)(H,29,30). The Bertz CT molecular complexity index is 608. The zero-order valence-corrected chi connectivity index (χ0v) is 18.2. The van der Waals surface area contributed by atoms with E-state index in [9.17, 15) is 29.4 Å². The Balaban J connectivity index is 2.83. The molecule has 1 fully saturated rings. The van der Waals surface area contributed by atoms with Crippen molar-refractivity contribution in [3.8, 4) is 0 Å². The maximum atomic E-state index is 12.8. The van der Waals surface area contributed by atoms with E-state index in [0.717, 1.165) is 13.0 Å². The normalized spacial score (nSPS) is 21.0. The highest BCUT2D eigenvalue weighted by atomic mass is 16.4. The van der Waals surface area contributed by atoms with Gasteiger partial charge in [-0.1, -0.05) is 40.5 Å².